The van der Waals surface area contributed by atoms with Gasteiger partial charge in [0.15, 0.2) is 5.11 Å². The van der Waals surface area contributed by atoms with E-state index in [-0.39, 0.29) is 5.91 Å². The Morgan fingerprint density at radius 3 is 2.71 bits per heavy atom. The number of carbonyl (C=O) groups is 1. The third kappa shape index (κ3) is 4.93. The van der Waals surface area contributed by atoms with Crippen molar-refractivity contribution in [3.05, 3.63) is 21.4 Å². The number of rotatable bonds is 3. The number of fused-ring (bicyclic) bond motifs is 1. The highest BCUT2D eigenvalue weighted by atomic mass is 32.1. The average molecular weight is 368 g/mol. The molecule has 0 saturated heterocycles. The summed E-state index contributed by atoms with van der Waals surface area (Å²) in [6.45, 7) is 11.9. The van der Waals surface area contributed by atoms with Crippen LogP contribution < -0.4 is 16.2 Å². The Bertz CT molecular complexity index is 602. The first-order valence-corrected chi connectivity index (χ1v) is 9.90. The van der Waals surface area contributed by atoms with Crippen molar-refractivity contribution in [1.82, 2.24) is 16.2 Å². The molecule has 0 aromatic carbocycles. The minimum absolute atomic E-state index is 0.101. The summed E-state index contributed by atoms with van der Waals surface area (Å²) in [5, 5.41) is 5.51. The number of thiophene rings is 1. The van der Waals surface area contributed by atoms with Gasteiger partial charge in [-0.05, 0) is 54.3 Å². The second kappa shape index (κ2) is 7.83. The largest absolute Gasteiger partial charge is 0.361 e. The molecule has 1 aromatic rings. The summed E-state index contributed by atoms with van der Waals surface area (Å²) in [6.07, 6.45) is 3.22. The van der Waals surface area contributed by atoms with Crippen molar-refractivity contribution in [1.29, 1.82) is 0 Å². The molecule has 6 heteroatoms. The highest BCUT2D eigenvalue weighted by molar-refractivity contribution is 7.80. The van der Waals surface area contributed by atoms with E-state index in [4.69, 9.17) is 12.2 Å². The third-order valence-electron chi connectivity index (χ3n) is 4.59. The Kier molecular flexibility index (Phi) is 6.26. The Morgan fingerprint density at radius 1 is 1.38 bits per heavy atom. The third-order valence-corrected chi connectivity index (χ3v) is 5.88. The van der Waals surface area contributed by atoms with E-state index in [0.29, 0.717) is 22.4 Å². The minimum atomic E-state index is -0.101. The molecular weight excluding hydrogens is 338 g/mol. The van der Waals surface area contributed by atoms with E-state index in [1.807, 2.05) is 5.38 Å². The van der Waals surface area contributed by atoms with Gasteiger partial charge in [0.25, 0.3) is 5.91 Å². The van der Waals surface area contributed by atoms with Crippen molar-refractivity contribution >= 4 is 34.6 Å². The van der Waals surface area contributed by atoms with Gasteiger partial charge in [-0.25, -0.2) is 0 Å². The average Bonchev–Trinajstić information content (AvgIpc) is 2.92. The number of hydrogen-bond acceptors (Lipinski definition) is 3. The van der Waals surface area contributed by atoms with Gasteiger partial charge in [-0.3, -0.25) is 15.6 Å². The van der Waals surface area contributed by atoms with E-state index in [1.165, 1.54) is 10.4 Å². The first-order valence-electron chi connectivity index (χ1n) is 8.62. The lowest BCUT2D eigenvalue weighted by molar-refractivity contribution is 0.0942. The lowest BCUT2D eigenvalue weighted by Gasteiger charge is -2.34. The standard InChI is InChI=1S/C18H29N3OS2/c1-11(2)9-19-17(23)21-20-16(22)14-10-24-15-8-12(18(3,4)5)6-7-13(14)15/h10-12H,6-9H2,1-5H3,(H,20,22)(H2,19,21,23). The normalized spacial score (nSPS) is 17.3. The highest BCUT2D eigenvalue weighted by Gasteiger charge is 2.31. The molecule has 2 rings (SSSR count). The van der Waals surface area contributed by atoms with Crippen LogP contribution in [0.3, 0.4) is 0 Å². The summed E-state index contributed by atoms with van der Waals surface area (Å²) in [7, 11) is 0. The van der Waals surface area contributed by atoms with Gasteiger partial charge in [-0.2, -0.15) is 0 Å². The van der Waals surface area contributed by atoms with Crippen LogP contribution in [0.1, 0.15) is 61.8 Å². The maximum absolute atomic E-state index is 12.4. The van der Waals surface area contributed by atoms with Crippen LogP contribution in [0.2, 0.25) is 0 Å². The fraction of sp³-hybridized carbons (Fsp3) is 0.667. The van der Waals surface area contributed by atoms with Gasteiger partial charge in [0.2, 0.25) is 0 Å². The van der Waals surface area contributed by atoms with Gasteiger partial charge in [0, 0.05) is 16.8 Å². The SMILES string of the molecule is CC(C)CNC(=S)NNC(=O)c1csc2c1CCC(C(C)(C)C)C2. The molecule has 1 aliphatic carbocycles. The number of thiocarbonyl (C=S) groups is 1. The van der Waals surface area contributed by atoms with Crippen molar-refractivity contribution in [2.45, 2.75) is 53.9 Å². The molecule has 1 atom stereocenters. The van der Waals surface area contributed by atoms with E-state index >= 15 is 0 Å². The van der Waals surface area contributed by atoms with Crippen LogP contribution in [0.25, 0.3) is 0 Å². The lowest BCUT2D eigenvalue weighted by Crippen LogP contribution is -2.47. The molecule has 0 saturated carbocycles. The van der Waals surface area contributed by atoms with Gasteiger partial charge in [-0.15, -0.1) is 11.3 Å². The molecule has 1 aliphatic rings. The maximum Gasteiger partial charge on any atom is 0.270 e. The summed E-state index contributed by atoms with van der Waals surface area (Å²) < 4.78 is 0. The zero-order valence-corrected chi connectivity index (χ0v) is 16.9. The molecule has 1 heterocycles. The number of hydrazine groups is 1. The molecule has 1 amide bonds. The fourth-order valence-electron chi connectivity index (χ4n) is 2.96. The smallest absolute Gasteiger partial charge is 0.270 e. The molecule has 0 aliphatic heterocycles. The zero-order chi connectivity index (χ0) is 17.9. The van der Waals surface area contributed by atoms with Crippen molar-refractivity contribution in [2.24, 2.45) is 17.3 Å². The number of carbonyl (C=O) groups excluding carboxylic acids is 1. The van der Waals surface area contributed by atoms with E-state index in [9.17, 15) is 4.79 Å². The Morgan fingerprint density at radius 2 is 2.08 bits per heavy atom. The molecule has 0 spiro atoms. The van der Waals surface area contributed by atoms with Crippen LogP contribution in [-0.4, -0.2) is 17.6 Å². The number of amides is 1. The first-order chi connectivity index (χ1) is 11.2. The predicted octanol–water partition coefficient (Wildman–Crippen LogP) is 3.66. The molecule has 4 nitrogen and oxygen atoms in total. The molecule has 0 fully saturated rings. The van der Waals surface area contributed by atoms with E-state index in [0.717, 1.165) is 31.4 Å². The van der Waals surface area contributed by atoms with Gasteiger partial charge in [0.05, 0.1) is 5.56 Å². The van der Waals surface area contributed by atoms with Crippen LogP contribution >= 0.6 is 23.6 Å². The van der Waals surface area contributed by atoms with E-state index in [1.54, 1.807) is 11.3 Å². The van der Waals surface area contributed by atoms with Crippen LogP contribution in [0.15, 0.2) is 5.38 Å². The minimum Gasteiger partial charge on any atom is -0.361 e. The van der Waals surface area contributed by atoms with Crippen molar-refractivity contribution in [3.8, 4) is 0 Å². The molecule has 134 valence electrons. The van der Waals surface area contributed by atoms with Crippen molar-refractivity contribution < 1.29 is 4.79 Å². The lowest BCUT2D eigenvalue weighted by atomic mass is 9.72. The Balaban J connectivity index is 1.93. The molecule has 3 N–H and O–H groups in total. The summed E-state index contributed by atoms with van der Waals surface area (Å²) in [6, 6.07) is 0. The molecular formula is C18H29N3OS2. The topological polar surface area (TPSA) is 53.2 Å². The highest BCUT2D eigenvalue weighted by Crippen LogP contribution is 2.40. The van der Waals surface area contributed by atoms with Gasteiger partial charge >= 0.3 is 0 Å². The first kappa shape index (κ1) is 19.2. The summed E-state index contributed by atoms with van der Waals surface area (Å²) >= 11 is 6.87. The summed E-state index contributed by atoms with van der Waals surface area (Å²) in [5.74, 6) is 1.08. The second-order valence-electron chi connectivity index (χ2n) is 8.04. The van der Waals surface area contributed by atoms with Crippen LogP contribution in [-0.2, 0) is 12.8 Å². The summed E-state index contributed by atoms with van der Waals surface area (Å²) in [4.78, 5) is 13.8. The van der Waals surface area contributed by atoms with Crippen molar-refractivity contribution in [3.63, 3.8) is 0 Å². The van der Waals surface area contributed by atoms with Gasteiger partial charge in [0.1, 0.15) is 0 Å². The molecule has 1 unspecified atom stereocenters. The molecule has 0 radical (unpaired) electrons. The number of nitrogens with one attached hydrogen (secondary N) is 3. The fourth-order valence-corrected chi connectivity index (χ4v) is 4.26. The van der Waals surface area contributed by atoms with E-state index < -0.39 is 0 Å². The molecule has 0 bridgehead atoms. The Labute approximate surface area is 154 Å². The summed E-state index contributed by atoms with van der Waals surface area (Å²) in [5.41, 5.74) is 7.84. The number of hydrogen-bond donors (Lipinski definition) is 3. The zero-order valence-electron chi connectivity index (χ0n) is 15.3. The van der Waals surface area contributed by atoms with Crippen LogP contribution in [0.4, 0.5) is 0 Å². The van der Waals surface area contributed by atoms with Crippen molar-refractivity contribution in [2.75, 3.05) is 6.54 Å². The predicted molar refractivity (Wildman–Crippen MR) is 105 cm³/mol. The Hall–Kier alpha value is -1.14. The van der Waals surface area contributed by atoms with Gasteiger partial charge < -0.3 is 5.32 Å². The van der Waals surface area contributed by atoms with E-state index in [2.05, 4.69) is 50.8 Å². The van der Waals surface area contributed by atoms with Crippen LogP contribution in [0, 0.1) is 17.3 Å². The maximum atomic E-state index is 12.4. The quantitative estimate of drug-likeness (QED) is 0.564. The van der Waals surface area contributed by atoms with Crippen LogP contribution in [0.5, 0.6) is 0 Å². The molecule has 24 heavy (non-hydrogen) atoms. The van der Waals surface area contributed by atoms with Gasteiger partial charge in [-0.1, -0.05) is 34.6 Å². The molecule has 1 aromatic heterocycles. The monoisotopic (exact) mass is 367 g/mol. The second-order valence-corrected chi connectivity index (χ2v) is 9.41.